The normalized spacial score (nSPS) is 22.7. The minimum absolute atomic E-state index is 0.0691. The van der Waals surface area contributed by atoms with Crippen LogP contribution in [0.4, 0.5) is 4.39 Å². The fourth-order valence-electron chi connectivity index (χ4n) is 7.27. The maximum absolute atomic E-state index is 17.4. The Morgan fingerprint density at radius 2 is 1.46 bits per heavy atom. The van der Waals surface area contributed by atoms with E-state index in [0.29, 0.717) is 23.0 Å². The summed E-state index contributed by atoms with van der Waals surface area (Å²) in [7, 11) is 4.55. The first-order valence-electron chi connectivity index (χ1n) is 19.3. The van der Waals surface area contributed by atoms with Gasteiger partial charge >= 0.3 is 5.69 Å². The van der Waals surface area contributed by atoms with Crippen LogP contribution in [0, 0.1) is 12.3 Å². The molecular weight excluding hydrogens is 817 g/mol. The second-order valence-corrected chi connectivity index (χ2v) is 18.4. The van der Waals surface area contributed by atoms with Crippen LogP contribution in [-0.4, -0.2) is 95.8 Å². The van der Waals surface area contributed by atoms with Crippen LogP contribution in [0.3, 0.4) is 0 Å². The number of rotatable bonds is 18. The molecule has 2 aliphatic heterocycles. The van der Waals surface area contributed by atoms with Gasteiger partial charge in [-0.05, 0) is 68.7 Å². The van der Waals surface area contributed by atoms with E-state index in [-0.39, 0.29) is 31.4 Å². The number of terminal acetylenes is 1. The van der Waals surface area contributed by atoms with Gasteiger partial charge in [0, 0.05) is 35.9 Å². The topological polar surface area (TPSA) is 123 Å². The van der Waals surface area contributed by atoms with Crippen molar-refractivity contribution in [2.75, 3.05) is 38.9 Å². The molecule has 2 fully saturated rings. The first-order valence-corrected chi connectivity index (χ1v) is 22.9. The quantitative estimate of drug-likeness (QED) is 0.0467. The van der Waals surface area contributed by atoms with Crippen molar-refractivity contribution in [1.29, 1.82) is 0 Å². The van der Waals surface area contributed by atoms with Crippen LogP contribution in [0.2, 0.25) is 0 Å². The van der Waals surface area contributed by atoms with Crippen molar-refractivity contribution in [3.63, 3.8) is 0 Å². The summed E-state index contributed by atoms with van der Waals surface area (Å²) < 4.78 is 65.0. The lowest BCUT2D eigenvalue weighted by Crippen LogP contribution is -2.43. The average Bonchev–Trinajstić information content (AvgIpc) is 3.54. The lowest BCUT2D eigenvalue weighted by molar-refractivity contribution is -0.0942. The van der Waals surface area contributed by atoms with Crippen molar-refractivity contribution in [1.82, 2.24) is 14.2 Å². The number of benzene rings is 3. The molecule has 1 unspecified atom stereocenters. The molecule has 0 amide bonds. The molecular formula is C43H51FN3O9PS2. The summed E-state index contributed by atoms with van der Waals surface area (Å²) in [5.41, 5.74) is -0.401. The fourth-order valence-corrected chi connectivity index (χ4v) is 11.7. The van der Waals surface area contributed by atoms with Crippen LogP contribution < -0.4 is 20.7 Å². The predicted molar refractivity (Wildman–Crippen MR) is 231 cm³/mol. The van der Waals surface area contributed by atoms with Gasteiger partial charge in [-0.1, -0.05) is 82.1 Å². The standard InChI is InChI=1S/C43H51FN3O9PS2/c1-8-24-52-36-26-58-59-27-37(36)55-57(47(28(2)3)29(4)5)56-40-35(54-41(39(40)44)46-23-22-38(48)45-42(46)49)25-53-43(30-12-10-9-11-13-30,31-14-18-33(50-6)19-15-31)32-16-20-34(51-7)21-17-32/h1,9-23,28-29,35-37,39-41H,24-27H2,2-7H3,(H,45,48,49)/t35-,36-,37+,39-,40-,41-,57?/m1/s1. The molecule has 0 aliphatic carbocycles. The fraction of sp³-hybridized carbons (Fsp3) is 0.442. The van der Waals surface area contributed by atoms with Gasteiger partial charge < -0.3 is 32.7 Å². The zero-order valence-corrected chi connectivity index (χ0v) is 36.4. The highest BCUT2D eigenvalue weighted by atomic mass is 33.1. The Labute approximate surface area is 353 Å². The number of nitrogens with one attached hydrogen (secondary N) is 1. The molecule has 16 heteroatoms. The van der Waals surface area contributed by atoms with Gasteiger partial charge in [0.2, 0.25) is 0 Å². The molecule has 3 heterocycles. The molecule has 59 heavy (non-hydrogen) atoms. The summed E-state index contributed by atoms with van der Waals surface area (Å²) in [4.78, 5) is 27.5. The summed E-state index contributed by atoms with van der Waals surface area (Å²) in [5, 5.41) is 0. The third-order valence-corrected chi connectivity index (χ3v) is 14.6. The van der Waals surface area contributed by atoms with Gasteiger partial charge in [0.1, 0.15) is 42.0 Å². The number of aromatic amines is 1. The van der Waals surface area contributed by atoms with Crippen molar-refractivity contribution in [2.45, 2.75) is 82.2 Å². The Hall–Kier alpha value is -3.68. The van der Waals surface area contributed by atoms with Crippen LogP contribution in [0.25, 0.3) is 0 Å². The number of alkyl halides is 1. The third-order valence-electron chi connectivity index (χ3n) is 10.1. The number of halogens is 1. The molecule has 1 N–H and O–H groups in total. The number of methoxy groups -OCH3 is 2. The maximum atomic E-state index is 17.4. The minimum Gasteiger partial charge on any atom is -0.497 e. The Balaban J connectivity index is 1.44. The average molecular weight is 868 g/mol. The first kappa shape index (κ1) is 44.9. The largest absolute Gasteiger partial charge is 0.497 e. The molecule has 0 bridgehead atoms. The smallest absolute Gasteiger partial charge is 0.330 e. The molecule has 1 aromatic heterocycles. The molecule has 0 spiro atoms. The van der Waals surface area contributed by atoms with Gasteiger partial charge in [-0.3, -0.25) is 14.3 Å². The van der Waals surface area contributed by atoms with Crippen molar-refractivity contribution in [3.8, 4) is 23.8 Å². The van der Waals surface area contributed by atoms with Gasteiger partial charge in [-0.2, -0.15) is 0 Å². The Morgan fingerprint density at radius 1 is 0.881 bits per heavy atom. The van der Waals surface area contributed by atoms with Crippen LogP contribution in [-0.2, 0) is 28.9 Å². The van der Waals surface area contributed by atoms with Crippen LogP contribution >= 0.6 is 30.1 Å². The van der Waals surface area contributed by atoms with Gasteiger partial charge in [0.15, 0.2) is 12.4 Å². The number of hydrogen-bond acceptors (Lipinski definition) is 12. The van der Waals surface area contributed by atoms with E-state index in [9.17, 15) is 9.59 Å². The zero-order valence-electron chi connectivity index (χ0n) is 33.9. The highest BCUT2D eigenvalue weighted by Gasteiger charge is 2.52. The van der Waals surface area contributed by atoms with E-state index in [0.717, 1.165) is 27.3 Å². The lowest BCUT2D eigenvalue weighted by atomic mass is 9.80. The number of nitrogens with zero attached hydrogens (tertiary/aromatic N) is 2. The highest BCUT2D eigenvalue weighted by Crippen LogP contribution is 2.53. The van der Waals surface area contributed by atoms with Crippen LogP contribution in [0.15, 0.2) is 101 Å². The zero-order chi connectivity index (χ0) is 42.1. The Bertz CT molecular complexity index is 2050. The molecule has 0 radical (unpaired) electrons. The van der Waals surface area contributed by atoms with Crippen molar-refractivity contribution in [3.05, 3.63) is 129 Å². The summed E-state index contributed by atoms with van der Waals surface area (Å²) in [6.07, 6.45) is 0.280. The van der Waals surface area contributed by atoms with Gasteiger partial charge in [-0.15, -0.1) is 6.42 Å². The molecule has 7 atom stereocenters. The van der Waals surface area contributed by atoms with Crippen molar-refractivity contribution >= 4 is 30.1 Å². The summed E-state index contributed by atoms with van der Waals surface area (Å²) in [5.74, 6) is 5.10. The highest BCUT2D eigenvalue weighted by molar-refractivity contribution is 8.76. The summed E-state index contributed by atoms with van der Waals surface area (Å²) >= 11 is 0. The number of ether oxygens (including phenoxy) is 5. The van der Waals surface area contributed by atoms with Crippen LogP contribution in [0.5, 0.6) is 11.5 Å². The van der Waals surface area contributed by atoms with Crippen LogP contribution in [0.1, 0.15) is 50.6 Å². The first-order chi connectivity index (χ1) is 28.5. The summed E-state index contributed by atoms with van der Waals surface area (Å²) in [6, 6.07) is 25.8. The van der Waals surface area contributed by atoms with E-state index in [1.54, 1.807) is 35.8 Å². The molecule has 12 nitrogen and oxygen atoms in total. The lowest BCUT2D eigenvalue weighted by Gasteiger charge is -2.41. The van der Waals surface area contributed by atoms with Gasteiger partial charge in [-0.25, -0.2) is 13.9 Å². The predicted octanol–water partition coefficient (Wildman–Crippen LogP) is 7.33. The number of aromatic nitrogens is 2. The second-order valence-electron chi connectivity index (χ2n) is 14.5. The molecule has 2 saturated heterocycles. The molecule has 316 valence electrons. The molecule has 6 rings (SSSR count). The van der Waals surface area contributed by atoms with E-state index in [1.165, 1.54) is 6.20 Å². The monoisotopic (exact) mass is 867 g/mol. The second kappa shape index (κ2) is 20.7. The van der Waals surface area contributed by atoms with E-state index in [2.05, 4.69) is 15.6 Å². The van der Waals surface area contributed by atoms with Gasteiger partial charge in [0.25, 0.3) is 14.1 Å². The third kappa shape index (κ3) is 10.3. The van der Waals surface area contributed by atoms with E-state index < -0.39 is 56.1 Å². The van der Waals surface area contributed by atoms with Crippen molar-refractivity contribution < 1.29 is 37.1 Å². The van der Waals surface area contributed by atoms with E-state index in [1.807, 2.05) is 107 Å². The van der Waals surface area contributed by atoms with Gasteiger partial charge in [0.05, 0.1) is 26.9 Å². The maximum Gasteiger partial charge on any atom is 0.330 e. The SMILES string of the molecule is C#CCO[C@@H]1CSSC[C@@H]1OP(O[C@H]1[C@@H](F)[C@H](n2ccc(=O)[nH]c2=O)O[C@@H]1COC(c1ccccc1)(c1ccc(OC)cc1)c1ccc(OC)cc1)N(C(C)C)C(C)C. The van der Waals surface area contributed by atoms with E-state index >= 15 is 4.39 Å². The Kier molecular flexibility index (Phi) is 15.8. The number of H-pyrrole nitrogens is 1. The number of hydrogen-bond donors (Lipinski definition) is 1. The molecule has 4 aromatic rings. The van der Waals surface area contributed by atoms with E-state index in [4.69, 9.17) is 39.2 Å². The Morgan fingerprint density at radius 3 is 2.00 bits per heavy atom. The molecule has 2 aliphatic rings. The summed E-state index contributed by atoms with van der Waals surface area (Å²) in [6.45, 7) is 8.02. The minimum atomic E-state index is -1.98. The molecule has 0 saturated carbocycles. The van der Waals surface area contributed by atoms with Crippen molar-refractivity contribution in [2.24, 2.45) is 0 Å². The molecule has 3 aromatic carbocycles.